The van der Waals surface area contributed by atoms with Crippen LogP contribution in [0.3, 0.4) is 0 Å². The van der Waals surface area contributed by atoms with E-state index in [9.17, 15) is 26.4 Å². The third-order valence-electron chi connectivity index (χ3n) is 3.60. The Morgan fingerprint density at radius 3 is 2.28 bits per heavy atom. The largest absolute Gasteiger partial charge is 0.463 e. The summed E-state index contributed by atoms with van der Waals surface area (Å²) in [4.78, 5) is 11.9. The zero-order valence-corrected chi connectivity index (χ0v) is 17.1. The lowest BCUT2D eigenvalue weighted by atomic mass is 10.1. The molecule has 12 heteroatoms. The Labute approximate surface area is 175 Å². The Morgan fingerprint density at radius 2 is 1.72 bits per heavy atom. The molecule has 0 saturated heterocycles. The number of nitrogens with one attached hydrogen (secondary N) is 2. The molecule has 0 aromatic heterocycles. The normalized spacial score (nSPS) is 14.1. The van der Waals surface area contributed by atoms with Crippen LogP contribution in [-0.4, -0.2) is 32.8 Å². The average molecular weight is 471 g/mol. The van der Waals surface area contributed by atoms with Gasteiger partial charge in [0.2, 0.25) is 10.0 Å². The molecular weight excluding hydrogens is 456 g/mol. The smallest absolute Gasteiger partial charge is 0.437 e. The number of halogens is 5. The van der Waals surface area contributed by atoms with Gasteiger partial charge in [0.15, 0.2) is 0 Å². The fourth-order valence-electron chi connectivity index (χ4n) is 2.26. The van der Waals surface area contributed by atoms with Crippen LogP contribution < -0.4 is 10.0 Å². The van der Waals surface area contributed by atoms with E-state index in [1.54, 1.807) is 0 Å². The number of carbonyl (C=O) groups is 1. The van der Waals surface area contributed by atoms with Crippen molar-refractivity contribution in [2.75, 3.05) is 11.9 Å². The van der Waals surface area contributed by atoms with Gasteiger partial charge in [-0.1, -0.05) is 41.4 Å². The number of hydrogen-bond acceptors (Lipinski definition) is 5. The Kier molecular flexibility index (Phi) is 7.05. The van der Waals surface area contributed by atoms with Gasteiger partial charge in [0, 0.05) is 5.02 Å². The number of anilines is 1. The van der Waals surface area contributed by atoms with E-state index in [2.05, 4.69) is 4.74 Å². The summed E-state index contributed by atoms with van der Waals surface area (Å²) in [5.41, 5.74) is -4.30. The first-order valence-electron chi connectivity index (χ1n) is 7.99. The monoisotopic (exact) mass is 470 g/mol. The minimum Gasteiger partial charge on any atom is -0.463 e. The van der Waals surface area contributed by atoms with Crippen LogP contribution in [0.4, 0.5) is 18.9 Å². The molecule has 0 saturated carbocycles. The summed E-state index contributed by atoms with van der Waals surface area (Å²) in [7, 11) is -4.82. The van der Waals surface area contributed by atoms with Crippen LogP contribution in [0, 0.1) is 0 Å². The van der Waals surface area contributed by atoms with Gasteiger partial charge < -0.3 is 10.1 Å². The molecule has 2 N–H and O–H groups in total. The van der Waals surface area contributed by atoms with Gasteiger partial charge in [-0.25, -0.2) is 13.2 Å². The van der Waals surface area contributed by atoms with Crippen molar-refractivity contribution in [2.24, 2.45) is 0 Å². The highest BCUT2D eigenvalue weighted by Gasteiger charge is 2.64. The summed E-state index contributed by atoms with van der Waals surface area (Å²) < 4.78 is 73.6. The zero-order valence-electron chi connectivity index (χ0n) is 14.8. The van der Waals surface area contributed by atoms with E-state index in [0.29, 0.717) is 0 Å². The van der Waals surface area contributed by atoms with Crippen molar-refractivity contribution in [1.29, 1.82) is 0 Å². The maximum absolute atomic E-state index is 14.1. The fraction of sp³-hybridized carbons (Fsp3) is 0.235. The van der Waals surface area contributed by atoms with E-state index in [0.717, 1.165) is 18.2 Å². The number of benzene rings is 2. The first kappa shape index (κ1) is 23.3. The number of sulfonamides is 1. The van der Waals surface area contributed by atoms with E-state index in [4.69, 9.17) is 23.2 Å². The summed E-state index contributed by atoms with van der Waals surface area (Å²) in [5, 5.41) is 1.62. The molecular formula is C17H15Cl2F3N2O4S. The Balaban J connectivity index is 2.66. The SMILES string of the molecule is CCOC(=O)[C@@](Nc1cc(Cl)ccc1Cl)(NS(=O)(=O)c1ccccc1)C(F)(F)F. The minimum atomic E-state index is -5.47. The van der Waals surface area contributed by atoms with Gasteiger partial charge in [0.25, 0.3) is 5.66 Å². The molecule has 29 heavy (non-hydrogen) atoms. The molecule has 0 fully saturated rings. The fourth-order valence-corrected chi connectivity index (χ4v) is 3.88. The number of carbonyl (C=O) groups excluding carboxylic acids is 1. The summed E-state index contributed by atoms with van der Waals surface area (Å²) in [6.07, 6.45) is -5.47. The van der Waals surface area contributed by atoms with Crippen LogP contribution >= 0.6 is 23.2 Å². The summed E-state index contributed by atoms with van der Waals surface area (Å²) in [6, 6.07) is 9.76. The lowest BCUT2D eigenvalue weighted by Gasteiger charge is -2.35. The van der Waals surface area contributed by atoms with Gasteiger partial charge in [-0.15, -0.1) is 0 Å². The van der Waals surface area contributed by atoms with Crippen LogP contribution in [0.25, 0.3) is 0 Å². The Morgan fingerprint density at radius 1 is 1.10 bits per heavy atom. The predicted molar refractivity (Wildman–Crippen MR) is 102 cm³/mol. The van der Waals surface area contributed by atoms with E-state index in [1.165, 1.54) is 42.0 Å². The number of esters is 1. The molecule has 0 heterocycles. The number of ether oxygens (including phenoxy) is 1. The molecule has 6 nitrogen and oxygen atoms in total. The summed E-state index contributed by atoms with van der Waals surface area (Å²) in [5.74, 6) is -1.91. The van der Waals surface area contributed by atoms with Gasteiger partial charge in [-0.3, -0.25) is 0 Å². The molecule has 2 aromatic carbocycles. The molecule has 0 aliphatic carbocycles. The van der Waals surface area contributed by atoms with Gasteiger partial charge in [0.05, 0.1) is 22.2 Å². The molecule has 0 aliphatic rings. The summed E-state index contributed by atoms with van der Waals surface area (Å²) in [6.45, 7) is 0.839. The van der Waals surface area contributed by atoms with Crippen LogP contribution in [0.15, 0.2) is 53.4 Å². The molecule has 0 bridgehead atoms. The van der Waals surface area contributed by atoms with Crippen molar-refractivity contribution < 1.29 is 31.1 Å². The second kappa shape index (κ2) is 8.78. The van der Waals surface area contributed by atoms with E-state index in [-0.39, 0.29) is 10.0 Å². The zero-order chi connectivity index (χ0) is 21.9. The van der Waals surface area contributed by atoms with Crippen LogP contribution in [-0.2, 0) is 19.6 Å². The van der Waals surface area contributed by atoms with Crippen molar-refractivity contribution in [3.63, 3.8) is 0 Å². The minimum absolute atomic E-state index is 0.00255. The maximum Gasteiger partial charge on any atom is 0.437 e. The third kappa shape index (κ3) is 5.13. The number of alkyl halides is 3. The molecule has 0 spiro atoms. The molecule has 2 aromatic rings. The van der Waals surface area contributed by atoms with Gasteiger partial charge >= 0.3 is 12.1 Å². The molecule has 2 rings (SSSR count). The van der Waals surface area contributed by atoms with Gasteiger partial charge in [0.1, 0.15) is 0 Å². The molecule has 158 valence electrons. The quantitative estimate of drug-likeness (QED) is 0.467. The standard InChI is InChI=1S/C17H15Cl2F3N2O4S/c1-2-28-15(25)16(17(20,21)22,23-14-10-11(18)8-9-13(14)19)24-29(26,27)12-6-4-3-5-7-12/h3-10,23-24H,2H2,1H3/t16-/m1/s1. The highest BCUT2D eigenvalue weighted by Crippen LogP contribution is 2.37. The van der Waals surface area contributed by atoms with Crippen LogP contribution in [0.1, 0.15) is 6.92 Å². The van der Waals surface area contributed by atoms with E-state index in [1.807, 2.05) is 5.32 Å². The lowest BCUT2D eigenvalue weighted by molar-refractivity contribution is -0.202. The lowest BCUT2D eigenvalue weighted by Crippen LogP contribution is -2.69. The first-order valence-corrected chi connectivity index (χ1v) is 10.2. The van der Waals surface area contributed by atoms with Crippen molar-refractivity contribution in [3.05, 3.63) is 58.6 Å². The van der Waals surface area contributed by atoms with Crippen molar-refractivity contribution in [2.45, 2.75) is 23.7 Å². The molecule has 0 unspecified atom stereocenters. The molecule has 0 amide bonds. The highest BCUT2D eigenvalue weighted by atomic mass is 35.5. The second-order valence-electron chi connectivity index (χ2n) is 5.64. The van der Waals surface area contributed by atoms with E-state index < -0.39 is 45.0 Å². The highest BCUT2D eigenvalue weighted by molar-refractivity contribution is 7.89. The van der Waals surface area contributed by atoms with Gasteiger partial charge in [-0.2, -0.15) is 17.9 Å². The average Bonchev–Trinajstić information content (AvgIpc) is 2.64. The number of hydrogen-bond donors (Lipinski definition) is 2. The van der Waals surface area contributed by atoms with Gasteiger partial charge in [-0.05, 0) is 37.3 Å². The van der Waals surface area contributed by atoms with Crippen molar-refractivity contribution in [1.82, 2.24) is 4.72 Å². The third-order valence-corrected chi connectivity index (χ3v) is 5.63. The van der Waals surface area contributed by atoms with Crippen molar-refractivity contribution >= 4 is 44.9 Å². The Hall–Kier alpha value is -2.01. The summed E-state index contributed by atoms with van der Waals surface area (Å²) >= 11 is 11.7. The first-order chi connectivity index (χ1) is 13.4. The van der Waals surface area contributed by atoms with Crippen molar-refractivity contribution in [3.8, 4) is 0 Å². The van der Waals surface area contributed by atoms with Crippen LogP contribution in [0.2, 0.25) is 10.0 Å². The molecule has 0 aliphatic heterocycles. The maximum atomic E-state index is 14.1. The predicted octanol–water partition coefficient (Wildman–Crippen LogP) is 4.21. The topological polar surface area (TPSA) is 84.5 Å². The van der Waals surface area contributed by atoms with E-state index >= 15 is 0 Å². The molecule has 0 radical (unpaired) electrons. The number of rotatable bonds is 7. The Bertz CT molecular complexity index is 988. The molecule has 1 atom stereocenters. The second-order valence-corrected chi connectivity index (χ2v) is 8.16. The van der Waals surface area contributed by atoms with Crippen LogP contribution in [0.5, 0.6) is 0 Å².